The molecule has 1 fully saturated rings. The van der Waals surface area contributed by atoms with Gasteiger partial charge in [-0.3, -0.25) is 4.98 Å². The van der Waals surface area contributed by atoms with Gasteiger partial charge in [0, 0.05) is 37.3 Å². The molecule has 8 heteroatoms. The molecule has 1 aromatic carbocycles. The Morgan fingerprint density at radius 3 is 2.85 bits per heavy atom. The summed E-state index contributed by atoms with van der Waals surface area (Å²) in [6, 6.07) is 12.5. The fourth-order valence-corrected chi connectivity index (χ4v) is 5.51. The Morgan fingerprint density at radius 2 is 2.03 bits per heavy atom. The SMILES string of the molecule is Cc1nc(NCc2cccnc2)nc(N[C@H]2CC[C@@H](CO)C2)c1C1=Nc2ccccc2CS1. The second-order valence-corrected chi connectivity index (χ2v) is 9.57. The molecule has 2 atom stereocenters. The van der Waals surface area contributed by atoms with Crippen molar-refractivity contribution in [2.75, 3.05) is 17.2 Å². The molecule has 1 aliphatic heterocycles. The summed E-state index contributed by atoms with van der Waals surface area (Å²) < 4.78 is 0. The van der Waals surface area contributed by atoms with Gasteiger partial charge in [-0.05, 0) is 55.4 Å². The summed E-state index contributed by atoms with van der Waals surface area (Å²) >= 11 is 1.73. The van der Waals surface area contributed by atoms with E-state index in [9.17, 15) is 5.11 Å². The van der Waals surface area contributed by atoms with E-state index in [4.69, 9.17) is 15.0 Å². The average Bonchev–Trinajstić information content (AvgIpc) is 3.30. The highest BCUT2D eigenvalue weighted by Gasteiger charge is 2.27. The number of rotatable bonds is 7. The van der Waals surface area contributed by atoms with Crippen molar-refractivity contribution in [1.29, 1.82) is 0 Å². The van der Waals surface area contributed by atoms with Gasteiger partial charge in [0.2, 0.25) is 5.95 Å². The quantitative estimate of drug-likeness (QED) is 0.471. The van der Waals surface area contributed by atoms with Gasteiger partial charge >= 0.3 is 0 Å². The number of nitrogens with one attached hydrogen (secondary N) is 2. The van der Waals surface area contributed by atoms with Crippen LogP contribution < -0.4 is 10.6 Å². The lowest BCUT2D eigenvalue weighted by molar-refractivity contribution is 0.229. The van der Waals surface area contributed by atoms with Gasteiger partial charge < -0.3 is 15.7 Å². The van der Waals surface area contributed by atoms with Crippen LogP contribution in [0.4, 0.5) is 17.5 Å². The smallest absolute Gasteiger partial charge is 0.225 e. The van der Waals surface area contributed by atoms with Crippen LogP contribution >= 0.6 is 11.8 Å². The highest BCUT2D eigenvalue weighted by molar-refractivity contribution is 8.13. The number of hydrogen-bond donors (Lipinski definition) is 3. The number of thioether (sulfide) groups is 1. The number of aliphatic hydroxyl groups is 1. The summed E-state index contributed by atoms with van der Waals surface area (Å²) in [5.41, 5.74) is 5.19. The van der Waals surface area contributed by atoms with Crippen LogP contribution in [0.5, 0.6) is 0 Å². The van der Waals surface area contributed by atoms with E-state index < -0.39 is 0 Å². The number of para-hydroxylation sites is 1. The minimum Gasteiger partial charge on any atom is -0.396 e. The minimum absolute atomic E-state index is 0.241. The lowest BCUT2D eigenvalue weighted by atomic mass is 10.1. The number of aromatic nitrogens is 3. The Morgan fingerprint density at radius 1 is 1.12 bits per heavy atom. The summed E-state index contributed by atoms with van der Waals surface area (Å²) in [7, 11) is 0. The fourth-order valence-electron chi connectivity index (χ4n) is 4.42. The molecule has 3 N–H and O–H groups in total. The number of pyridine rings is 1. The molecule has 0 unspecified atom stereocenters. The molecule has 1 aliphatic carbocycles. The zero-order chi connectivity index (χ0) is 22.6. The van der Waals surface area contributed by atoms with E-state index in [0.29, 0.717) is 18.4 Å². The van der Waals surface area contributed by atoms with E-state index in [0.717, 1.165) is 58.4 Å². The number of aryl methyl sites for hydroxylation is 1. The molecule has 2 aromatic heterocycles. The van der Waals surface area contributed by atoms with Crippen LogP contribution in [-0.2, 0) is 12.3 Å². The zero-order valence-electron chi connectivity index (χ0n) is 18.7. The number of aliphatic imine (C=N–C) groups is 1. The van der Waals surface area contributed by atoms with Gasteiger partial charge in [-0.25, -0.2) is 9.98 Å². The van der Waals surface area contributed by atoms with Crippen LogP contribution in [0, 0.1) is 12.8 Å². The van der Waals surface area contributed by atoms with Crippen molar-refractivity contribution in [1.82, 2.24) is 15.0 Å². The first-order chi connectivity index (χ1) is 16.2. The Labute approximate surface area is 198 Å². The highest BCUT2D eigenvalue weighted by Crippen LogP contribution is 2.37. The molecule has 5 rings (SSSR count). The molecule has 33 heavy (non-hydrogen) atoms. The van der Waals surface area contributed by atoms with E-state index in [1.807, 2.05) is 31.3 Å². The second kappa shape index (κ2) is 9.89. The first kappa shape index (κ1) is 21.9. The standard InChI is InChI=1S/C25H28N6OS/c1-16-22(24-30-21-7-3-2-6-19(21)15-33-24)23(29-20-9-8-17(11-20)14-32)31-25(28-16)27-13-18-5-4-10-26-12-18/h2-7,10,12,17,20,32H,8-9,11,13-15H2,1H3,(H2,27,28,29,31)/t17-,20+/m1/s1. The van der Waals surface area contributed by atoms with E-state index in [1.54, 1.807) is 18.0 Å². The number of hydrogen-bond acceptors (Lipinski definition) is 8. The molecular weight excluding hydrogens is 432 g/mol. The second-order valence-electron chi connectivity index (χ2n) is 8.61. The van der Waals surface area contributed by atoms with Gasteiger partial charge in [-0.1, -0.05) is 24.3 Å². The molecule has 3 heterocycles. The predicted molar refractivity (Wildman–Crippen MR) is 134 cm³/mol. The average molecular weight is 461 g/mol. The molecule has 2 aliphatic rings. The monoisotopic (exact) mass is 460 g/mol. The Hall–Kier alpha value is -2.97. The van der Waals surface area contributed by atoms with Crippen molar-refractivity contribution in [3.8, 4) is 0 Å². The molecule has 7 nitrogen and oxygen atoms in total. The first-order valence-corrected chi connectivity index (χ1v) is 12.4. The number of benzene rings is 1. The van der Waals surface area contributed by atoms with Crippen molar-refractivity contribution < 1.29 is 5.11 Å². The first-order valence-electron chi connectivity index (χ1n) is 11.4. The zero-order valence-corrected chi connectivity index (χ0v) is 19.5. The highest BCUT2D eigenvalue weighted by atomic mass is 32.2. The number of nitrogens with zero attached hydrogens (tertiary/aromatic N) is 4. The number of fused-ring (bicyclic) bond motifs is 1. The van der Waals surface area contributed by atoms with Crippen LogP contribution in [0.3, 0.4) is 0 Å². The van der Waals surface area contributed by atoms with Crippen LogP contribution in [0.2, 0.25) is 0 Å². The van der Waals surface area contributed by atoms with Gasteiger partial charge in [-0.15, -0.1) is 11.8 Å². The molecule has 3 aromatic rings. The number of anilines is 2. The molecule has 0 amide bonds. The van der Waals surface area contributed by atoms with E-state index in [1.165, 1.54) is 5.56 Å². The third-order valence-electron chi connectivity index (χ3n) is 6.20. The lowest BCUT2D eigenvalue weighted by Crippen LogP contribution is -2.21. The van der Waals surface area contributed by atoms with Gasteiger partial charge in [0.1, 0.15) is 10.9 Å². The Bertz CT molecular complexity index is 1150. The van der Waals surface area contributed by atoms with Gasteiger partial charge in [0.05, 0.1) is 16.9 Å². The maximum absolute atomic E-state index is 9.58. The van der Waals surface area contributed by atoms with Crippen molar-refractivity contribution >= 4 is 34.3 Å². The summed E-state index contributed by atoms with van der Waals surface area (Å²) in [5.74, 6) is 2.63. The van der Waals surface area contributed by atoms with Crippen LogP contribution in [-0.4, -0.2) is 37.8 Å². The van der Waals surface area contributed by atoms with Gasteiger partial charge in [0.25, 0.3) is 0 Å². The Kier molecular flexibility index (Phi) is 6.55. The van der Waals surface area contributed by atoms with Crippen molar-refractivity contribution in [3.05, 3.63) is 71.2 Å². The summed E-state index contributed by atoms with van der Waals surface area (Å²) in [4.78, 5) is 18.8. The lowest BCUT2D eigenvalue weighted by Gasteiger charge is -2.22. The van der Waals surface area contributed by atoms with Crippen molar-refractivity contribution in [2.45, 2.75) is 44.5 Å². The Balaban J connectivity index is 1.47. The van der Waals surface area contributed by atoms with Crippen LogP contribution in [0.1, 0.15) is 41.6 Å². The van der Waals surface area contributed by atoms with Gasteiger partial charge in [0.15, 0.2) is 0 Å². The molecule has 0 bridgehead atoms. The molecule has 170 valence electrons. The molecule has 0 saturated heterocycles. The summed E-state index contributed by atoms with van der Waals surface area (Å²) in [6.07, 6.45) is 6.60. The molecule has 0 radical (unpaired) electrons. The van der Waals surface area contributed by atoms with E-state index in [-0.39, 0.29) is 12.6 Å². The normalized spacial score (nSPS) is 19.6. The van der Waals surface area contributed by atoms with E-state index in [2.05, 4.69) is 33.8 Å². The minimum atomic E-state index is 0.241. The topological polar surface area (TPSA) is 95.3 Å². The molecular formula is C25H28N6OS. The summed E-state index contributed by atoms with van der Waals surface area (Å²) in [6.45, 7) is 2.86. The van der Waals surface area contributed by atoms with Crippen LogP contribution in [0.15, 0.2) is 53.8 Å². The van der Waals surface area contributed by atoms with Crippen molar-refractivity contribution in [2.24, 2.45) is 10.9 Å². The molecule has 0 spiro atoms. The van der Waals surface area contributed by atoms with Crippen molar-refractivity contribution in [3.63, 3.8) is 0 Å². The van der Waals surface area contributed by atoms with E-state index >= 15 is 0 Å². The van der Waals surface area contributed by atoms with Gasteiger partial charge in [-0.2, -0.15) is 4.98 Å². The third kappa shape index (κ3) is 5.02. The predicted octanol–water partition coefficient (Wildman–Crippen LogP) is 4.69. The number of aliphatic hydroxyl groups excluding tert-OH is 1. The largest absolute Gasteiger partial charge is 0.396 e. The fraction of sp³-hybridized carbons (Fsp3) is 0.360. The molecule has 1 saturated carbocycles. The van der Waals surface area contributed by atoms with Crippen LogP contribution in [0.25, 0.3) is 0 Å². The third-order valence-corrected chi connectivity index (χ3v) is 7.22. The summed E-state index contributed by atoms with van der Waals surface area (Å²) in [5, 5.41) is 17.5. The maximum atomic E-state index is 9.58. The maximum Gasteiger partial charge on any atom is 0.225 e.